The maximum atomic E-state index is 5.97. The Labute approximate surface area is 195 Å². The zero-order chi connectivity index (χ0) is 20.2. The van der Waals surface area contributed by atoms with Gasteiger partial charge in [-0.2, -0.15) is 0 Å². The van der Waals surface area contributed by atoms with Crippen molar-refractivity contribution in [1.82, 2.24) is 20.0 Å². The summed E-state index contributed by atoms with van der Waals surface area (Å²) in [6, 6.07) is 0. The SMILES string of the molecule is CCN1CCN(CC(C)CNC(=NC)N2CCC(OCCCOC)CC2)CC1.I. The smallest absolute Gasteiger partial charge is 0.193 e. The molecule has 1 atom stereocenters. The number of methoxy groups -OCH3 is 1. The number of halogens is 1. The molecule has 0 bridgehead atoms. The predicted octanol–water partition coefficient (Wildman–Crippen LogP) is 1.97. The second-order valence-corrected chi connectivity index (χ2v) is 8.17. The van der Waals surface area contributed by atoms with Crippen molar-refractivity contribution in [3.63, 3.8) is 0 Å². The van der Waals surface area contributed by atoms with Crippen molar-refractivity contribution in [2.45, 2.75) is 39.2 Å². The molecule has 8 heteroatoms. The van der Waals surface area contributed by atoms with Crippen molar-refractivity contribution in [3.05, 3.63) is 0 Å². The van der Waals surface area contributed by atoms with Crippen LogP contribution in [0.5, 0.6) is 0 Å². The zero-order valence-electron chi connectivity index (χ0n) is 19.1. The third-order valence-electron chi connectivity index (χ3n) is 5.89. The highest BCUT2D eigenvalue weighted by Crippen LogP contribution is 2.14. The van der Waals surface area contributed by atoms with Gasteiger partial charge >= 0.3 is 0 Å². The summed E-state index contributed by atoms with van der Waals surface area (Å²) in [5.41, 5.74) is 0. The van der Waals surface area contributed by atoms with Gasteiger partial charge in [-0.25, -0.2) is 0 Å². The number of nitrogens with zero attached hydrogens (tertiary/aromatic N) is 4. The van der Waals surface area contributed by atoms with Gasteiger partial charge in [0.1, 0.15) is 0 Å². The first-order valence-corrected chi connectivity index (χ1v) is 11.2. The normalized spacial score (nSPS) is 21.1. The molecule has 0 spiro atoms. The lowest BCUT2D eigenvalue weighted by Gasteiger charge is -2.36. The topological polar surface area (TPSA) is 52.6 Å². The van der Waals surface area contributed by atoms with E-state index in [2.05, 4.69) is 38.9 Å². The first kappa shape index (κ1) is 26.9. The van der Waals surface area contributed by atoms with Gasteiger partial charge in [0.05, 0.1) is 6.10 Å². The number of aliphatic imine (C=N–C) groups is 1. The molecule has 0 radical (unpaired) electrons. The van der Waals surface area contributed by atoms with Gasteiger partial charge < -0.3 is 29.5 Å². The lowest BCUT2D eigenvalue weighted by molar-refractivity contribution is 0.00987. The Hall–Kier alpha value is -0.160. The van der Waals surface area contributed by atoms with Crippen LogP contribution in [0.4, 0.5) is 0 Å². The fraction of sp³-hybridized carbons (Fsp3) is 0.952. The molecule has 0 aromatic rings. The fourth-order valence-corrected chi connectivity index (χ4v) is 4.08. The molecule has 29 heavy (non-hydrogen) atoms. The van der Waals surface area contributed by atoms with Crippen LogP contribution in [0.15, 0.2) is 4.99 Å². The van der Waals surface area contributed by atoms with Gasteiger partial charge in [0.15, 0.2) is 5.96 Å². The Morgan fingerprint density at radius 2 is 1.72 bits per heavy atom. The summed E-state index contributed by atoms with van der Waals surface area (Å²) >= 11 is 0. The Balaban J connectivity index is 0.00000420. The molecule has 1 unspecified atom stereocenters. The zero-order valence-corrected chi connectivity index (χ0v) is 21.4. The predicted molar refractivity (Wildman–Crippen MR) is 132 cm³/mol. The number of ether oxygens (including phenoxy) is 2. The van der Waals surface area contributed by atoms with E-state index in [1.165, 1.54) is 39.3 Å². The molecule has 0 aliphatic carbocycles. The van der Waals surface area contributed by atoms with E-state index in [1.54, 1.807) is 7.11 Å². The summed E-state index contributed by atoms with van der Waals surface area (Å²) in [5.74, 6) is 1.66. The number of piperidine rings is 1. The van der Waals surface area contributed by atoms with Crippen LogP contribution < -0.4 is 5.32 Å². The first-order valence-electron chi connectivity index (χ1n) is 11.2. The third kappa shape index (κ3) is 10.1. The Morgan fingerprint density at radius 1 is 1.07 bits per heavy atom. The Morgan fingerprint density at radius 3 is 2.31 bits per heavy atom. The number of likely N-dealkylation sites (N-methyl/N-ethyl adjacent to an activating group) is 1. The van der Waals surface area contributed by atoms with E-state index >= 15 is 0 Å². The van der Waals surface area contributed by atoms with E-state index < -0.39 is 0 Å². The molecular weight excluding hydrogens is 481 g/mol. The third-order valence-corrected chi connectivity index (χ3v) is 5.89. The first-order chi connectivity index (χ1) is 13.7. The van der Waals surface area contributed by atoms with E-state index in [4.69, 9.17) is 9.47 Å². The highest BCUT2D eigenvalue weighted by Gasteiger charge is 2.22. The summed E-state index contributed by atoms with van der Waals surface area (Å²) < 4.78 is 11.1. The molecule has 0 saturated carbocycles. The lowest BCUT2D eigenvalue weighted by Crippen LogP contribution is -2.50. The molecule has 1 N–H and O–H groups in total. The summed E-state index contributed by atoms with van der Waals surface area (Å²) in [5, 5.41) is 3.60. The van der Waals surface area contributed by atoms with E-state index in [0.717, 1.165) is 58.1 Å². The number of nitrogens with one attached hydrogen (secondary N) is 1. The lowest BCUT2D eigenvalue weighted by atomic mass is 10.1. The van der Waals surface area contributed by atoms with Crippen LogP contribution in [0.2, 0.25) is 0 Å². The molecule has 2 aliphatic rings. The fourth-order valence-electron chi connectivity index (χ4n) is 4.08. The van der Waals surface area contributed by atoms with E-state index in [1.807, 2.05) is 7.05 Å². The van der Waals surface area contributed by atoms with Crippen molar-refractivity contribution >= 4 is 29.9 Å². The molecule has 2 saturated heterocycles. The Bertz CT molecular complexity index is 439. The van der Waals surface area contributed by atoms with E-state index in [9.17, 15) is 0 Å². The molecule has 0 amide bonds. The van der Waals surface area contributed by atoms with Gasteiger partial charge in [-0.3, -0.25) is 4.99 Å². The van der Waals surface area contributed by atoms with Crippen LogP contribution in [0.3, 0.4) is 0 Å². The second-order valence-electron chi connectivity index (χ2n) is 8.17. The summed E-state index contributed by atoms with van der Waals surface area (Å²) in [6.45, 7) is 16.3. The minimum Gasteiger partial charge on any atom is -0.385 e. The monoisotopic (exact) mass is 525 g/mol. The molecule has 2 rings (SSSR count). The maximum Gasteiger partial charge on any atom is 0.193 e. The van der Waals surface area contributed by atoms with Gasteiger partial charge in [-0.05, 0) is 31.7 Å². The van der Waals surface area contributed by atoms with Crippen LogP contribution in [0.1, 0.15) is 33.1 Å². The largest absolute Gasteiger partial charge is 0.385 e. The highest BCUT2D eigenvalue weighted by molar-refractivity contribution is 14.0. The minimum absolute atomic E-state index is 0. The highest BCUT2D eigenvalue weighted by atomic mass is 127. The van der Waals surface area contributed by atoms with Crippen molar-refractivity contribution in [1.29, 1.82) is 0 Å². The quantitative estimate of drug-likeness (QED) is 0.204. The van der Waals surface area contributed by atoms with Gasteiger partial charge in [-0.1, -0.05) is 13.8 Å². The van der Waals surface area contributed by atoms with Crippen LogP contribution in [0, 0.1) is 5.92 Å². The number of hydrogen-bond acceptors (Lipinski definition) is 5. The van der Waals surface area contributed by atoms with Crippen molar-refractivity contribution in [3.8, 4) is 0 Å². The molecule has 0 aromatic heterocycles. The van der Waals surface area contributed by atoms with E-state index in [-0.39, 0.29) is 24.0 Å². The minimum atomic E-state index is 0. The van der Waals surface area contributed by atoms with Crippen molar-refractivity contribution < 1.29 is 9.47 Å². The van der Waals surface area contributed by atoms with Gasteiger partial charge in [0, 0.05) is 79.7 Å². The molecule has 7 nitrogen and oxygen atoms in total. The molecule has 2 heterocycles. The number of likely N-dealkylation sites (tertiary alicyclic amines) is 1. The van der Waals surface area contributed by atoms with Crippen LogP contribution in [-0.4, -0.2) is 113 Å². The van der Waals surface area contributed by atoms with Gasteiger partial charge in [-0.15, -0.1) is 24.0 Å². The van der Waals surface area contributed by atoms with Gasteiger partial charge in [0.25, 0.3) is 0 Å². The number of rotatable bonds is 10. The molecule has 172 valence electrons. The Kier molecular flexibility index (Phi) is 14.5. The second kappa shape index (κ2) is 15.6. The average Bonchev–Trinajstić information content (AvgIpc) is 2.73. The summed E-state index contributed by atoms with van der Waals surface area (Å²) in [7, 11) is 3.63. The average molecular weight is 526 g/mol. The molecule has 0 aromatic carbocycles. The summed E-state index contributed by atoms with van der Waals surface area (Å²) in [4.78, 5) is 12.0. The van der Waals surface area contributed by atoms with Gasteiger partial charge in [0.2, 0.25) is 0 Å². The number of piperazine rings is 1. The van der Waals surface area contributed by atoms with Crippen molar-refractivity contribution in [2.24, 2.45) is 10.9 Å². The van der Waals surface area contributed by atoms with Crippen LogP contribution in [0.25, 0.3) is 0 Å². The molecule has 2 aliphatic heterocycles. The van der Waals surface area contributed by atoms with E-state index in [0.29, 0.717) is 12.0 Å². The number of hydrogen-bond donors (Lipinski definition) is 1. The van der Waals surface area contributed by atoms with Crippen LogP contribution in [-0.2, 0) is 9.47 Å². The summed E-state index contributed by atoms with van der Waals surface area (Å²) in [6.07, 6.45) is 3.51. The standard InChI is InChI=1S/C21H43N5O2.HI/c1-5-24-11-13-25(14-12-24)18-19(2)17-23-21(22-3)26-9-7-20(8-10-26)28-16-6-15-27-4;/h19-20H,5-18H2,1-4H3,(H,22,23);1H. The van der Waals surface area contributed by atoms with Crippen molar-refractivity contribution in [2.75, 3.05) is 86.3 Å². The molecule has 2 fully saturated rings. The molecular formula is C21H44IN5O2. The van der Waals surface area contributed by atoms with Crippen LogP contribution >= 0.6 is 24.0 Å². The number of guanidine groups is 1. The maximum absolute atomic E-state index is 5.97.